The van der Waals surface area contributed by atoms with Crippen LogP contribution < -0.4 is 5.43 Å². The first kappa shape index (κ1) is 15.1. The first-order valence-corrected chi connectivity index (χ1v) is 8.64. The Hall–Kier alpha value is -1.85. The molecule has 3 rings (SSSR count). The van der Waals surface area contributed by atoms with E-state index in [-0.39, 0.29) is 0 Å². The van der Waals surface area contributed by atoms with E-state index in [1.165, 1.54) is 0 Å². The number of para-hydroxylation sites is 1. The Morgan fingerprint density at radius 1 is 1.05 bits per heavy atom. The number of nitrogens with zero attached hydrogens (tertiary/aromatic N) is 2. The van der Waals surface area contributed by atoms with Gasteiger partial charge in [0.05, 0.1) is 5.69 Å². The van der Waals surface area contributed by atoms with Crippen molar-refractivity contribution in [1.29, 1.82) is 0 Å². The van der Waals surface area contributed by atoms with Crippen molar-refractivity contribution in [3.8, 4) is 0 Å². The maximum atomic E-state index is 5.74. The minimum absolute atomic E-state index is 0.517. The minimum atomic E-state index is -0.517. The largest absolute Gasteiger partial charge is 0.291 e. The normalized spacial score (nSPS) is 20.9. The van der Waals surface area contributed by atoms with Crippen LogP contribution in [0.4, 0.5) is 5.69 Å². The Balaban J connectivity index is 1.94. The first-order chi connectivity index (χ1) is 10.6. The third-order valence-electron chi connectivity index (χ3n) is 3.66. The van der Waals surface area contributed by atoms with Gasteiger partial charge in [-0.3, -0.25) is 5.43 Å². The van der Waals surface area contributed by atoms with Gasteiger partial charge in [0, 0.05) is 0 Å². The van der Waals surface area contributed by atoms with Gasteiger partial charge in [0.15, 0.2) is 5.17 Å². The highest BCUT2D eigenvalue weighted by Gasteiger charge is 2.42. The van der Waals surface area contributed by atoms with Crippen LogP contribution in [0.25, 0.3) is 0 Å². The van der Waals surface area contributed by atoms with Crippen molar-refractivity contribution < 1.29 is 0 Å². The van der Waals surface area contributed by atoms with Gasteiger partial charge in [0.25, 0.3) is 0 Å². The molecular weight excluding hydrogens is 310 g/mol. The van der Waals surface area contributed by atoms with Gasteiger partial charge in [-0.25, -0.2) is 10.0 Å². The summed E-state index contributed by atoms with van der Waals surface area (Å²) >= 11 is 7.32. The Bertz CT molecular complexity index is 700. The smallest absolute Gasteiger partial charge is 0.184 e. The standard InChI is InChI=1S/C17H17N3S2/c1-17(13-9-5-3-6-10-13)15(21)20(16(18-17)22-2)19-14-11-7-4-8-12-14/h3-12,19H,1-2H3. The predicted octanol–water partition coefficient (Wildman–Crippen LogP) is 4.29. The number of amidine groups is 1. The number of hydrogen-bond acceptors (Lipinski definition) is 4. The zero-order chi connectivity index (χ0) is 15.6. The lowest BCUT2D eigenvalue weighted by atomic mass is 9.93. The maximum absolute atomic E-state index is 5.74. The van der Waals surface area contributed by atoms with E-state index in [1.54, 1.807) is 11.8 Å². The quantitative estimate of drug-likeness (QED) is 0.851. The van der Waals surface area contributed by atoms with Crippen molar-refractivity contribution >= 4 is 39.8 Å². The summed E-state index contributed by atoms with van der Waals surface area (Å²) < 4.78 is 0. The Kier molecular flexibility index (Phi) is 4.18. The molecule has 2 aromatic rings. The van der Waals surface area contributed by atoms with Crippen LogP contribution in [0.1, 0.15) is 12.5 Å². The average Bonchev–Trinajstić information content (AvgIpc) is 2.82. The highest BCUT2D eigenvalue weighted by molar-refractivity contribution is 8.13. The molecule has 1 aliphatic heterocycles. The second kappa shape index (κ2) is 6.10. The van der Waals surface area contributed by atoms with Gasteiger partial charge in [-0.15, -0.1) is 0 Å². The Morgan fingerprint density at radius 3 is 2.23 bits per heavy atom. The highest BCUT2D eigenvalue weighted by Crippen LogP contribution is 2.36. The number of hydrogen-bond donors (Lipinski definition) is 1. The summed E-state index contributed by atoms with van der Waals surface area (Å²) in [4.78, 5) is 5.63. The molecule has 0 fully saturated rings. The van der Waals surface area contributed by atoms with Crippen LogP contribution in [0.3, 0.4) is 0 Å². The van der Waals surface area contributed by atoms with E-state index < -0.39 is 5.54 Å². The third kappa shape index (κ3) is 2.62. The van der Waals surface area contributed by atoms with Crippen LogP contribution in [0, 0.1) is 0 Å². The topological polar surface area (TPSA) is 27.6 Å². The second-order valence-corrected chi connectivity index (χ2v) is 6.32. The van der Waals surface area contributed by atoms with Crippen LogP contribution >= 0.6 is 24.0 Å². The van der Waals surface area contributed by atoms with Crippen molar-refractivity contribution in [3.63, 3.8) is 0 Å². The van der Waals surface area contributed by atoms with Crippen molar-refractivity contribution in [2.75, 3.05) is 11.7 Å². The van der Waals surface area contributed by atoms with E-state index in [4.69, 9.17) is 17.2 Å². The summed E-state index contributed by atoms with van der Waals surface area (Å²) in [5, 5.41) is 2.78. The summed E-state index contributed by atoms with van der Waals surface area (Å²) in [7, 11) is 0. The number of benzene rings is 2. The fraction of sp³-hybridized carbons (Fsp3) is 0.176. The zero-order valence-corrected chi connectivity index (χ0v) is 14.1. The number of rotatable bonds is 3. The molecule has 0 radical (unpaired) electrons. The van der Waals surface area contributed by atoms with E-state index in [2.05, 4.69) is 24.5 Å². The van der Waals surface area contributed by atoms with Crippen LogP contribution in [0.15, 0.2) is 65.7 Å². The number of anilines is 1. The van der Waals surface area contributed by atoms with Gasteiger partial charge < -0.3 is 0 Å². The Morgan fingerprint density at radius 2 is 1.64 bits per heavy atom. The number of aliphatic imine (C=N–C) groups is 1. The van der Waals surface area contributed by atoms with Crippen LogP contribution in [0.2, 0.25) is 0 Å². The zero-order valence-electron chi connectivity index (χ0n) is 12.5. The van der Waals surface area contributed by atoms with Gasteiger partial charge in [-0.05, 0) is 30.9 Å². The van der Waals surface area contributed by atoms with E-state index in [0.717, 1.165) is 21.4 Å². The fourth-order valence-corrected chi connectivity index (χ4v) is 3.37. The number of thiocarbonyl (C=S) groups is 1. The van der Waals surface area contributed by atoms with Gasteiger partial charge in [-0.1, -0.05) is 72.5 Å². The first-order valence-electron chi connectivity index (χ1n) is 7.01. The molecule has 1 aliphatic rings. The van der Waals surface area contributed by atoms with E-state index in [0.29, 0.717) is 0 Å². The molecule has 22 heavy (non-hydrogen) atoms. The average molecular weight is 327 g/mol. The van der Waals surface area contributed by atoms with Crippen LogP contribution in [-0.4, -0.2) is 21.4 Å². The molecule has 0 aromatic heterocycles. The van der Waals surface area contributed by atoms with Crippen molar-refractivity contribution in [2.45, 2.75) is 12.5 Å². The van der Waals surface area contributed by atoms with Gasteiger partial charge in [0.1, 0.15) is 10.5 Å². The van der Waals surface area contributed by atoms with Crippen molar-refractivity contribution in [1.82, 2.24) is 5.01 Å². The molecule has 0 aliphatic carbocycles. The summed E-state index contributed by atoms with van der Waals surface area (Å²) in [6.45, 7) is 2.06. The number of nitrogens with one attached hydrogen (secondary N) is 1. The summed E-state index contributed by atoms with van der Waals surface area (Å²) in [6.07, 6.45) is 2.01. The molecular formula is C17H17N3S2. The van der Waals surface area contributed by atoms with E-state index in [9.17, 15) is 0 Å². The molecule has 0 bridgehead atoms. The van der Waals surface area contributed by atoms with Crippen LogP contribution in [0.5, 0.6) is 0 Å². The molecule has 1 unspecified atom stereocenters. The lowest BCUT2D eigenvalue weighted by Crippen LogP contribution is -2.40. The molecule has 0 saturated carbocycles. The molecule has 1 heterocycles. The summed E-state index contributed by atoms with van der Waals surface area (Å²) in [5.74, 6) is 0. The molecule has 2 aromatic carbocycles. The highest BCUT2D eigenvalue weighted by atomic mass is 32.2. The maximum Gasteiger partial charge on any atom is 0.184 e. The van der Waals surface area contributed by atoms with Gasteiger partial charge in [0.2, 0.25) is 0 Å². The van der Waals surface area contributed by atoms with Gasteiger partial charge >= 0.3 is 0 Å². The Labute approximate surface area is 140 Å². The minimum Gasteiger partial charge on any atom is -0.291 e. The summed E-state index contributed by atoms with van der Waals surface area (Å²) in [6, 6.07) is 20.2. The molecule has 0 saturated heterocycles. The number of hydrazine groups is 1. The lowest BCUT2D eigenvalue weighted by molar-refractivity contribution is 0.662. The lowest BCUT2D eigenvalue weighted by Gasteiger charge is -2.26. The number of thioether (sulfide) groups is 1. The molecule has 0 amide bonds. The predicted molar refractivity (Wildman–Crippen MR) is 99.2 cm³/mol. The van der Waals surface area contributed by atoms with E-state index >= 15 is 0 Å². The molecule has 5 heteroatoms. The van der Waals surface area contributed by atoms with E-state index in [1.807, 2.05) is 59.8 Å². The fourth-order valence-electron chi connectivity index (χ4n) is 2.42. The van der Waals surface area contributed by atoms with Gasteiger partial charge in [-0.2, -0.15) is 0 Å². The molecule has 1 atom stereocenters. The third-order valence-corrected chi connectivity index (χ3v) is 4.88. The van der Waals surface area contributed by atoms with Crippen molar-refractivity contribution in [3.05, 3.63) is 66.2 Å². The SMILES string of the molecule is CSC1=NC(C)(c2ccccc2)C(=S)N1Nc1ccccc1. The summed E-state index contributed by atoms with van der Waals surface area (Å²) in [5.41, 5.74) is 4.93. The van der Waals surface area contributed by atoms with Crippen molar-refractivity contribution in [2.24, 2.45) is 4.99 Å². The molecule has 112 valence electrons. The molecule has 3 nitrogen and oxygen atoms in total. The second-order valence-electron chi connectivity index (χ2n) is 5.16. The van der Waals surface area contributed by atoms with Crippen LogP contribution in [-0.2, 0) is 5.54 Å². The molecule has 0 spiro atoms. The monoisotopic (exact) mass is 327 g/mol. The molecule has 1 N–H and O–H groups in total.